The average molecular weight is 354 g/mol. The summed E-state index contributed by atoms with van der Waals surface area (Å²) in [6.45, 7) is 5.27. The molecule has 0 aliphatic carbocycles. The monoisotopic (exact) mass is 354 g/mol. The van der Waals surface area contributed by atoms with E-state index in [9.17, 15) is 9.59 Å². The van der Waals surface area contributed by atoms with Crippen LogP contribution < -0.4 is 15.4 Å². The van der Waals surface area contributed by atoms with Gasteiger partial charge in [-0.05, 0) is 24.1 Å². The average Bonchev–Trinajstić information content (AvgIpc) is 3.02. The molecule has 0 unspecified atom stereocenters. The van der Waals surface area contributed by atoms with Crippen molar-refractivity contribution in [3.05, 3.63) is 53.7 Å². The maximum atomic E-state index is 11.9. The van der Waals surface area contributed by atoms with E-state index in [1.165, 1.54) is 0 Å². The molecule has 0 atom stereocenters. The molecule has 26 heavy (non-hydrogen) atoms. The highest BCUT2D eigenvalue weighted by molar-refractivity contribution is 6.05. The molecule has 1 aliphatic rings. The van der Waals surface area contributed by atoms with Crippen molar-refractivity contribution in [1.29, 1.82) is 0 Å². The van der Waals surface area contributed by atoms with Crippen molar-refractivity contribution in [3.8, 4) is 5.75 Å². The predicted octanol–water partition coefficient (Wildman–Crippen LogP) is 1.67. The SMILES string of the molecule is CC(C)c1c(C=C2NC(=O)CNC2=O)ncn1CCOc1ccccc1. The number of hydrogen-bond donors (Lipinski definition) is 2. The first-order valence-electron chi connectivity index (χ1n) is 8.57. The van der Waals surface area contributed by atoms with Gasteiger partial charge in [-0.15, -0.1) is 0 Å². The minimum absolute atomic E-state index is 0.00151. The van der Waals surface area contributed by atoms with Crippen molar-refractivity contribution in [3.63, 3.8) is 0 Å². The van der Waals surface area contributed by atoms with E-state index in [0.29, 0.717) is 18.8 Å². The Morgan fingerprint density at radius 2 is 2.04 bits per heavy atom. The van der Waals surface area contributed by atoms with E-state index >= 15 is 0 Å². The van der Waals surface area contributed by atoms with Gasteiger partial charge in [-0.2, -0.15) is 0 Å². The summed E-state index contributed by atoms with van der Waals surface area (Å²) in [5.41, 5.74) is 1.88. The van der Waals surface area contributed by atoms with E-state index in [1.807, 2.05) is 34.9 Å². The molecule has 0 bridgehead atoms. The molecular formula is C19H22N4O3. The molecule has 136 valence electrons. The molecule has 0 saturated carbocycles. The van der Waals surface area contributed by atoms with Crippen molar-refractivity contribution in [2.45, 2.75) is 26.3 Å². The summed E-state index contributed by atoms with van der Waals surface area (Å²) in [6, 6.07) is 9.63. The highest BCUT2D eigenvalue weighted by Gasteiger charge is 2.21. The number of piperazine rings is 1. The normalized spacial score (nSPS) is 15.9. The van der Waals surface area contributed by atoms with E-state index in [2.05, 4.69) is 29.5 Å². The molecule has 1 fully saturated rings. The van der Waals surface area contributed by atoms with Gasteiger partial charge < -0.3 is 19.9 Å². The van der Waals surface area contributed by atoms with Crippen LogP contribution in [-0.4, -0.2) is 34.5 Å². The number of carbonyl (C=O) groups is 2. The first kappa shape index (κ1) is 17.7. The molecule has 2 aromatic rings. The lowest BCUT2D eigenvalue weighted by molar-refractivity contribution is -0.127. The molecule has 7 heteroatoms. The molecule has 0 spiro atoms. The number of ether oxygens (including phenoxy) is 1. The Labute approximate surface area is 152 Å². The van der Waals surface area contributed by atoms with Gasteiger partial charge in [0.25, 0.3) is 5.91 Å². The Bertz CT molecular complexity index is 825. The predicted molar refractivity (Wildman–Crippen MR) is 97.4 cm³/mol. The van der Waals surface area contributed by atoms with Crippen molar-refractivity contribution < 1.29 is 14.3 Å². The zero-order valence-electron chi connectivity index (χ0n) is 14.9. The molecule has 3 rings (SSSR count). The molecule has 1 aromatic heterocycles. The van der Waals surface area contributed by atoms with Gasteiger partial charge in [0.15, 0.2) is 0 Å². The van der Waals surface area contributed by atoms with Gasteiger partial charge in [-0.25, -0.2) is 4.98 Å². The Balaban J connectivity index is 1.75. The number of para-hydroxylation sites is 1. The fourth-order valence-electron chi connectivity index (χ4n) is 2.85. The summed E-state index contributed by atoms with van der Waals surface area (Å²) < 4.78 is 7.77. The Morgan fingerprint density at radius 3 is 2.77 bits per heavy atom. The quantitative estimate of drug-likeness (QED) is 0.773. The molecule has 2 amide bonds. The van der Waals surface area contributed by atoms with Crippen LogP contribution in [0, 0.1) is 0 Å². The number of nitrogens with zero attached hydrogens (tertiary/aromatic N) is 2. The molecule has 2 N–H and O–H groups in total. The lowest BCUT2D eigenvalue weighted by atomic mass is 10.1. The number of hydrogen-bond acceptors (Lipinski definition) is 4. The van der Waals surface area contributed by atoms with E-state index in [0.717, 1.165) is 11.4 Å². The van der Waals surface area contributed by atoms with Crippen LogP contribution in [0.4, 0.5) is 0 Å². The Hall–Kier alpha value is -3.09. The molecule has 0 radical (unpaired) electrons. The van der Waals surface area contributed by atoms with E-state index in [1.54, 1.807) is 12.4 Å². The topological polar surface area (TPSA) is 85.3 Å². The summed E-state index contributed by atoms with van der Waals surface area (Å²) in [5.74, 6) is 0.477. The van der Waals surface area contributed by atoms with Crippen LogP contribution in [0.2, 0.25) is 0 Å². The lowest BCUT2D eigenvalue weighted by Crippen LogP contribution is -2.46. The van der Waals surface area contributed by atoms with Crippen molar-refractivity contribution in [2.24, 2.45) is 0 Å². The van der Waals surface area contributed by atoms with Gasteiger partial charge in [0.1, 0.15) is 18.1 Å². The van der Waals surface area contributed by atoms with Gasteiger partial charge in [0.05, 0.1) is 25.1 Å². The standard InChI is InChI=1S/C19H22N4O3/c1-13(2)18-15(10-16-19(25)20-11-17(24)22-16)21-12-23(18)8-9-26-14-6-4-3-5-7-14/h3-7,10,12-13H,8-9,11H2,1-2H3,(H,20,25)(H,22,24). The zero-order chi connectivity index (χ0) is 18.5. The first-order chi connectivity index (χ1) is 12.5. The Kier molecular flexibility index (Phi) is 5.36. The second-order valence-electron chi connectivity index (χ2n) is 6.31. The minimum Gasteiger partial charge on any atom is -0.492 e. The maximum Gasteiger partial charge on any atom is 0.268 e. The van der Waals surface area contributed by atoms with Gasteiger partial charge in [-0.3, -0.25) is 9.59 Å². The number of nitrogens with one attached hydrogen (secondary N) is 2. The van der Waals surface area contributed by atoms with Crippen LogP contribution in [0.15, 0.2) is 42.4 Å². The number of carbonyl (C=O) groups excluding carboxylic acids is 2. The molecule has 1 aliphatic heterocycles. The highest BCUT2D eigenvalue weighted by atomic mass is 16.5. The summed E-state index contributed by atoms with van der Waals surface area (Å²) >= 11 is 0. The maximum absolute atomic E-state index is 11.9. The van der Waals surface area contributed by atoms with Crippen LogP contribution in [-0.2, 0) is 16.1 Å². The van der Waals surface area contributed by atoms with Gasteiger partial charge in [-0.1, -0.05) is 32.0 Å². The molecule has 1 saturated heterocycles. The van der Waals surface area contributed by atoms with Crippen molar-refractivity contribution >= 4 is 17.9 Å². The van der Waals surface area contributed by atoms with Crippen molar-refractivity contribution in [1.82, 2.24) is 20.2 Å². The highest BCUT2D eigenvalue weighted by Crippen LogP contribution is 2.21. The fourth-order valence-corrected chi connectivity index (χ4v) is 2.85. The smallest absolute Gasteiger partial charge is 0.268 e. The van der Waals surface area contributed by atoms with E-state index < -0.39 is 0 Å². The molecule has 7 nitrogen and oxygen atoms in total. The van der Waals surface area contributed by atoms with Crippen molar-refractivity contribution in [2.75, 3.05) is 13.2 Å². The summed E-state index contributed by atoms with van der Waals surface area (Å²) in [4.78, 5) is 27.8. The Morgan fingerprint density at radius 1 is 1.27 bits per heavy atom. The third kappa shape index (κ3) is 4.11. The zero-order valence-corrected chi connectivity index (χ0v) is 14.9. The third-order valence-electron chi connectivity index (χ3n) is 4.01. The van der Waals surface area contributed by atoms with Crippen LogP contribution in [0.25, 0.3) is 6.08 Å². The van der Waals surface area contributed by atoms with Crippen LogP contribution in [0.3, 0.4) is 0 Å². The van der Waals surface area contributed by atoms with Gasteiger partial charge in [0.2, 0.25) is 5.91 Å². The number of aromatic nitrogens is 2. The lowest BCUT2D eigenvalue weighted by Gasteiger charge is -2.16. The minimum atomic E-state index is -0.304. The van der Waals surface area contributed by atoms with Crippen LogP contribution in [0.5, 0.6) is 5.75 Å². The molecule has 1 aromatic carbocycles. The van der Waals surface area contributed by atoms with E-state index in [4.69, 9.17) is 4.74 Å². The molecular weight excluding hydrogens is 332 g/mol. The largest absolute Gasteiger partial charge is 0.492 e. The first-order valence-corrected chi connectivity index (χ1v) is 8.57. The summed E-state index contributed by atoms with van der Waals surface area (Å²) in [6.07, 6.45) is 3.36. The number of rotatable bonds is 6. The van der Waals surface area contributed by atoms with Gasteiger partial charge in [0, 0.05) is 5.69 Å². The number of benzene rings is 1. The van der Waals surface area contributed by atoms with Crippen LogP contribution in [0.1, 0.15) is 31.2 Å². The summed E-state index contributed by atoms with van der Waals surface area (Å²) in [7, 11) is 0. The third-order valence-corrected chi connectivity index (χ3v) is 4.01. The van der Waals surface area contributed by atoms with Gasteiger partial charge >= 0.3 is 0 Å². The fraction of sp³-hybridized carbons (Fsp3) is 0.316. The summed E-state index contributed by atoms with van der Waals surface area (Å²) in [5, 5.41) is 5.13. The molecule has 2 heterocycles. The number of imidazole rings is 1. The second kappa shape index (κ2) is 7.86. The van der Waals surface area contributed by atoms with E-state index in [-0.39, 0.29) is 30.0 Å². The number of amides is 2. The second-order valence-corrected chi connectivity index (χ2v) is 6.31. The van der Waals surface area contributed by atoms with Crippen LogP contribution >= 0.6 is 0 Å².